The molecular weight excluding hydrogens is 259 g/mol. The van der Waals surface area contributed by atoms with Crippen molar-refractivity contribution in [3.8, 4) is 0 Å². The second kappa shape index (κ2) is 4.65. The lowest BCUT2D eigenvalue weighted by molar-refractivity contribution is 1.14. The first-order chi connectivity index (χ1) is 5.77. The van der Waals surface area contributed by atoms with Crippen molar-refractivity contribution in [2.75, 3.05) is 4.43 Å². The molecule has 0 saturated heterocycles. The van der Waals surface area contributed by atoms with Gasteiger partial charge in [-0.3, -0.25) is 0 Å². The second-order valence-corrected chi connectivity index (χ2v) is 3.91. The lowest BCUT2D eigenvalue weighted by Crippen LogP contribution is -1.90. The maximum Gasteiger partial charge on any atom is 0.00359 e. The molecule has 0 saturated carbocycles. The smallest absolute Gasteiger partial charge is 0.00359 e. The van der Waals surface area contributed by atoms with Crippen LogP contribution in [0.15, 0.2) is 24.8 Å². The molecule has 0 aliphatic carbocycles. The Kier molecular flexibility index (Phi) is 3.79. The molecule has 0 aliphatic rings. The molecule has 0 fully saturated rings. The molecule has 0 spiro atoms. The minimum atomic E-state index is 1.16. The Hall–Kier alpha value is -0.310. The number of alkyl halides is 1. The lowest BCUT2D eigenvalue weighted by atomic mass is 10.0. The van der Waals surface area contributed by atoms with E-state index in [1.54, 1.807) is 0 Å². The minimum absolute atomic E-state index is 1.16. The van der Waals surface area contributed by atoms with Gasteiger partial charge in [0.05, 0.1) is 0 Å². The van der Waals surface area contributed by atoms with Crippen molar-refractivity contribution in [3.63, 3.8) is 0 Å². The normalized spacial score (nSPS) is 9.83. The molecule has 12 heavy (non-hydrogen) atoms. The number of rotatable bonds is 3. The van der Waals surface area contributed by atoms with Crippen molar-refractivity contribution < 1.29 is 0 Å². The van der Waals surface area contributed by atoms with E-state index in [-0.39, 0.29) is 0 Å². The average molecular weight is 272 g/mol. The minimum Gasteiger partial charge on any atom is -0.0985 e. The number of aryl methyl sites for hydroxylation is 2. The molecule has 0 unspecified atom stereocenters. The molecule has 0 aliphatic heterocycles. The van der Waals surface area contributed by atoms with Crippen LogP contribution in [0.1, 0.15) is 16.7 Å². The van der Waals surface area contributed by atoms with E-state index in [1.807, 2.05) is 6.08 Å². The molecule has 0 bridgehead atoms. The predicted octanol–water partition coefficient (Wildman–Crippen LogP) is 3.62. The molecule has 0 N–H and O–H groups in total. The fourth-order valence-corrected chi connectivity index (χ4v) is 1.77. The Morgan fingerprint density at radius 2 is 2.25 bits per heavy atom. The highest BCUT2D eigenvalue weighted by molar-refractivity contribution is 14.1. The van der Waals surface area contributed by atoms with Gasteiger partial charge in [0.1, 0.15) is 0 Å². The van der Waals surface area contributed by atoms with E-state index >= 15 is 0 Å². The highest BCUT2D eigenvalue weighted by atomic mass is 127. The van der Waals surface area contributed by atoms with Crippen LogP contribution in [0.2, 0.25) is 0 Å². The Morgan fingerprint density at radius 3 is 2.83 bits per heavy atom. The maximum atomic E-state index is 3.76. The summed E-state index contributed by atoms with van der Waals surface area (Å²) >= 11 is 2.41. The van der Waals surface area contributed by atoms with Gasteiger partial charge in [-0.25, -0.2) is 0 Å². The van der Waals surface area contributed by atoms with Crippen LogP contribution in [-0.4, -0.2) is 4.43 Å². The number of hydrogen-bond acceptors (Lipinski definition) is 0. The molecule has 0 amide bonds. The van der Waals surface area contributed by atoms with Crippen molar-refractivity contribution >= 4 is 28.7 Å². The van der Waals surface area contributed by atoms with Crippen LogP contribution in [0.4, 0.5) is 0 Å². The van der Waals surface area contributed by atoms with E-state index in [0.717, 1.165) is 6.42 Å². The first-order valence-corrected chi connectivity index (χ1v) is 5.58. The summed E-state index contributed by atoms with van der Waals surface area (Å²) in [4.78, 5) is 0. The summed E-state index contributed by atoms with van der Waals surface area (Å²) in [7, 11) is 0. The Labute approximate surface area is 87.8 Å². The van der Waals surface area contributed by atoms with Gasteiger partial charge >= 0.3 is 0 Å². The first kappa shape index (κ1) is 9.78. The summed E-state index contributed by atoms with van der Waals surface area (Å²) in [6.07, 6.45) is 3.06. The Balaban J connectivity index is 2.99. The molecular formula is C11H13I. The van der Waals surface area contributed by atoms with Crippen LogP contribution in [0.25, 0.3) is 6.08 Å². The summed E-state index contributed by atoms with van der Waals surface area (Å²) < 4.78 is 1.18. The second-order valence-electron chi connectivity index (χ2n) is 2.83. The van der Waals surface area contributed by atoms with Crippen molar-refractivity contribution in [2.24, 2.45) is 0 Å². The SMILES string of the molecule is C=Cc1ccc(C)c(CCI)c1. The van der Waals surface area contributed by atoms with Gasteiger partial charge in [0.15, 0.2) is 0 Å². The van der Waals surface area contributed by atoms with Crippen molar-refractivity contribution in [3.05, 3.63) is 41.5 Å². The Bertz CT molecular complexity index is 276. The molecule has 1 heteroatoms. The molecule has 0 atom stereocenters. The predicted molar refractivity (Wildman–Crippen MR) is 63.9 cm³/mol. The topological polar surface area (TPSA) is 0 Å². The van der Waals surface area contributed by atoms with Gasteiger partial charge < -0.3 is 0 Å². The van der Waals surface area contributed by atoms with E-state index < -0.39 is 0 Å². The third-order valence-electron chi connectivity index (χ3n) is 1.97. The van der Waals surface area contributed by atoms with Gasteiger partial charge in [0, 0.05) is 4.43 Å². The quantitative estimate of drug-likeness (QED) is 0.582. The summed E-state index contributed by atoms with van der Waals surface area (Å²) in [6.45, 7) is 5.92. The monoisotopic (exact) mass is 272 g/mol. The zero-order valence-corrected chi connectivity index (χ0v) is 9.47. The third-order valence-corrected chi connectivity index (χ3v) is 2.51. The van der Waals surface area contributed by atoms with Crippen molar-refractivity contribution in [1.82, 2.24) is 0 Å². The number of benzene rings is 1. The van der Waals surface area contributed by atoms with E-state index in [2.05, 4.69) is 54.3 Å². The van der Waals surface area contributed by atoms with Gasteiger partial charge in [0.25, 0.3) is 0 Å². The largest absolute Gasteiger partial charge is 0.0985 e. The van der Waals surface area contributed by atoms with Crippen LogP contribution < -0.4 is 0 Å². The summed E-state index contributed by atoms with van der Waals surface area (Å²) in [5, 5.41) is 0. The molecule has 0 aromatic heterocycles. The fourth-order valence-electron chi connectivity index (χ4n) is 1.19. The number of halogens is 1. The van der Waals surface area contributed by atoms with E-state index in [1.165, 1.54) is 21.1 Å². The third kappa shape index (κ3) is 2.34. The van der Waals surface area contributed by atoms with Crippen LogP contribution in [0.3, 0.4) is 0 Å². The highest BCUT2D eigenvalue weighted by Gasteiger charge is 1.97. The summed E-state index contributed by atoms with van der Waals surface area (Å²) in [5.74, 6) is 0. The van der Waals surface area contributed by atoms with Gasteiger partial charge in [-0.15, -0.1) is 0 Å². The summed E-state index contributed by atoms with van der Waals surface area (Å²) in [5.41, 5.74) is 4.06. The molecule has 1 rings (SSSR count). The molecule has 0 heterocycles. The van der Waals surface area contributed by atoms with E-state index in [9.17, 15) is 0 Å². The van der Waals surface area contributed by atoms with Gasteiger partial charge in [-0.1, -0.05) is 53.4 Å². The standard InChI is InChI=1S/C11H13I/c1-3-10-5-4-9(2)11(8-10)6-7-12/h3-5,8H,1,6-7H2,2H3. The Morgan fingerprint density at radius 1 is 1.50 bits per heavy atom. The van der Waals surface area contributed by atoms with Crippen molar-refractivity contribution in [1.29, 1.82) is 0 Å². The van der Waals surface area contributed by atoms with Gasteiger partial charge in [-0.05, 0) is 30.0 Å². The van der Waals surface area contributed by atoms with Crippen molar-refractivity contribution in [2.45, 2.75) is 13.3 Å². The van der Waals surface area contributed by atoms with Crippen LogP contribution in [-0.2, 0) is 6.42 Å². The van der Waals surface area contributed by atoms with Gasteiger partial charge in [0.2, 0.25) is 0 Å². The van der Waals surface area contributed by atoms with E-state index in [0.29, 0.717) is 0 Å². The number of hydrogen-bond donors (Lipinski definition) is 0. The molecule has 1 aromatic rings. The molecule has 64 valence electrons. The maximum absolute atomic E-state index is 3.76. The zero-order chi connectivity index (χ0) is 8.97. The van der Waals surface area contributed by atoms with Gasteiger partial charge in [-0.2, -0.15) is 0 Å². The molecule has 1 aromatic carbocycles. The lowest BCUT2D eigenvalue weighted by Gasteiger charge is -2.04. The fraction of sp³-hybridized carbons (Fsp3) is 0.273. The van der Waals surface area contributed by atoms with Crippen LogP contribution in [0, 0.1) is 6.92 Å². The first-order valence-electron chi connectivity index (χ1n) is 4.06. The zero-order valence-electron chi connectivity index (χ0n) is 7.31. The average Bonchev–Trinajstić information content (AvgIpc) is 2.09. The molecule has 0 nitrogen and oxygen atoms in total. The van der Waals surface area contributed by atoms with Crippen LogP contribution >= 0.6 is 22.6 Å². The highest BCUT2D eigenvalue weighted by Crippen LogP contribution is 2.13. The van der Waals surface area contributed by atoms with E-state index in [4.69, 9.17) is 0 Å². The van der Waals surface area contributed by atoms with Crippen LogP contribution in [0.5, 0.6) is 0 Å². The summed E-state index contributed by atoms with van der Waals surface area (Å²) in [6, 6.07) is 6.50. The molecule has 0 radical (unpaired) electrons.